The van der Waals surface area contributed by atoms with E-state index in [2.05, 4.69) is 27.1 Å². The Hall–Kier alpha value is -1.00. The van der Waals surface area contributed by atoms with Crippen molar-refractivity contribution in [2.24, 2.45) is 0 Å². The standard InChI is InChI=1S/C13H22N4/c1-3-12-9-17(8-4-6-15-12)10-13-5-7-14-11(2)16-13/h5,7,12,15H,3-4,6,8-10H2,1-2H3. The molecule has 94 valence electrons. The summed E-state index contributed by atoms with van der Waals surface area (Å²) in [4.78, 5) is 11.1. The lowest BCUT2D eigenvalue weighted by Crippen LogP contribution is -2.36. The highest BCUT2D eigenvalue weighted by atomic mass is 15.2. The molecule has 0 radical (unpaired) electrons. The minimum absolute atomic E-state index is 0.625. The van der Waals surface area contributed by atoms with E-state index in [4.69, 9.17) is 0 Å². The molecule has 17 heavy (non-hydrogen) atoms. The quantitative estimate of drug-likeness (QED) is 0.857. The van der Waals surface area contributed by atoms with E-state index in [0.29, 0.717) is 6.04 Å². The smallest absolute Gasteiger partial charge is 0.125 e. The average Bonchev–Trinajstić information content (AvgIpc) is 2.54. The Kier molecular flexibility index (Phi) is 4.45. The fourth-order valence-corrected chi connectivity index (χ4v) is 2.32. The zero-order valence-electron chi connectivity index (χ0n) is 10.8. The molecule has 1 aliphatic heterocycles. The molecule has 0 bridgehead atoms. The van der Waals surface area contributed by atoms with Gasteiger partial charge in [-0.05, 0) is 38.9 Å². The van der Waals surface area contributed by atoms with Crippen molar-refractivity contribution in [3.05, 3.63) is 23.8 Å². The second kappa shape index (κ2) is 6.07. The highest BCUT2D eigenvalue weighted by Gasteiger charge is 2.16. The first-order valence-corrected chi connectivity index (χ1v) is 6.52. The molecule has 0 aliphatic carbocycles. The third-order valence-corrected chi connectivity index (χ3v) is 3.27. The van der Waals surface area contributed by atoms with E-state index in [9.17, 15) is 0 Å². The molecule has 1 fully saturated rings. The number of hydrogen-bond donors (Lipinski definition) is 1. The molecule has 0 saturated carbocycles. The molecule has 2 rings (SSSR count). The predicted molar refractivity (Wildman–Crippen MR) is 68.7 cm³/mol. The van der Waals surface area contributed by atoms with Gasteiger partial charge in [0, 0.05) is 25.3 Å². The minimum atomic E-state index is 0.625. The Morgan fingerprint density at radius 3 is 3.18 bits per heavy atom. The summed E-state index contributed by atoms with van der Waals surface area (Å²) < 4.78 is 0. The summed E-state index contributed by atoms with van der Waals surface area (Å²) in [6.07, 6.45) is 4.27. The summed E-state index contributed by atoms with van der Waals surface area (Å²) in [7, 11) is 0. The first-order valence-electron chi connectivity index (χ1n) is 6.52. The number of hydrogen-bond acceptors (Lipinski definition) is 4. The van der Waals surface area contributed by atoms with E-state index in [-0.39, 0.29) is 0 Å². The molecule has 0 amide bonds. The highest BCUT2D eigenvalue weighted by molar-refractivity contribution is 5.01. The predicted octanol–water partition coefficient (Wildman–Crippen LogP) is 1.36. The van der Waals surface area contributed by atoms with E-state index < -0.39 is 0 Å². The molecular formula is C13H22N4. The Bertz CT molecular complexity index is 353. The zero-order valence-corrected chi connectivity index (χ0v) is 10.8. The van der Waals surface area contributed by atoms with Gasteiger partial charge in [0.15, 0.2) is 0 Å². The van der Waals surface area contributed by atoms with Crippen LogP contribution in [-0.2, 0) is 6.54 Å². The lowest BCUT2D eigenvalue weighted by atomic mass is 10.2. The normalized spacial score (nSPS) is 22.4. The number of rotatable bonds is 3. The van der Waals surface area contributed by atoms with Gasteiger partial charge in [-0.3, -0.25) is 4.90 Å². The molecule has 1 N–H and O–H groups in total. The third kappa shape index (κ3) is 3.75. The molecule has 4 heteroatoms. The van der Waals surface area contributed by atoms with E-state index in [0.717, 1.165) is 37.7 Å². The minimum Gasteiger partial charge on any atom is -0.313 e. The molecule has 0 aromatic carbocycles. The SMILES string of the molecule is CCC1CN(Cc2ccnc(C)n2)CCCN1. The van der Waals surface area contributed by atoms with Crippen molar-refractivity contribution in [2.45, 2.75) is 39.3 Å². The Balaban J connectivity index is 1.97. The highest BCUT2D eigenvalue weighted by Crippen LogP contribution is 2.07. The Morgan fingerprint density at radius 1 is 1.53 bits per heavy atom. The van der Waals surface area contributed by atoms with Gasteiger partial charge in [0.2, 0.25) is 0 Å². The van der Waals surface area contributed by atoms with Crippen molar-refractivity contribution in [2.75, 3.05) is 19.6 Å². The van der Waals surface area contributed by atoms with Gasteiger partial charge in [-0.25, -0.2) is 9.97 Å². The lowest BCUT2D eigenvalue weighted by Gasteiger charge is -2.23. The monoisotopic (exact) mass is 234 g/mol. The van der Waals surface area contributed by atoms with Crippen molar-refractivity contribution in [1.82, 2.24) is 20.2 Å². The third-order valence-electron chi connectivity index (χ3n) is 3.27. The van der Waals surface area contributed by atoms with Crippen LogP contribution < -0.4 is 5.32 Å². The molecule has 4 nitrogen and oxygen atoms in total. The van der Waals surface area contributed by atoms with Crippen molar-refractivity contribution >= 4 is 0 Å². The zero-order chi connectivity index (χ0) is 12.1. The van der Waals surface area contributed by atoms with Gasteiger partial charge < -0.3 is 5.32 Å². The van der Waals surface area contributed by atoms with Crippen LogP contribution in [0.25, 0.3) is 0 Å². The van der Waals surface area contributed by atoms with Crippen LogP contribution in [-0.4, -0.2) is 40.5 Å². The maximum absolute atomic E-state index is 4.48. The molecule has 2 heterocycles. The Morgan fingerprint density at radius 2 is 2.41 bits per heavy atom. The summed E-state index contributed by atoms with van der Waals surface area (Å²) in [5, 5.41) is 3.58. The maximum Gasteiger partial charge on any atom is 0.125 e. The van der Waals surface area contributed by atoms with Gasteiger partial charge in [0.25, 0.3) is 0 Å². The van der Waals surface area contributed by atoms with Gasteiger partial charge in [0.05, 0.1) is 5.69 Å². The molecule has 1 saturated heterocycles. The van der Waals surface area contributed by atoms with Gasteiger partial charge in [-0.1, -0.05) is 6.92 Å². The van der Waals surface area contributed by atoms with E-state index >= 15 is 0 Å². The fraction of sp³-hybridized carbons (Fsp3) is 0.692. The maximum atomic E-state index is 4.48. The van der Waals surface area contributed by atoms with Crippen LogP contribution in [0, 0.1) is 6.92 Å². The van der Waals surface area contributed by atoms with Crippen LogP contribution in [0.4, 0.5) is 0 Å². The largest absolute Gasteiger partial charge is 0.313 e. The van der Waals surface area contributed by atoms with E-state index in [1.807, 2.05) is 19.2 Å². The van der Waals surface area contributed by atoms with Crippen LogP contribution in [0.2, 0.25) is 0 Å². The summed E-state index contributed by atoms with van der Waals surface area (Å²) in [6.45, 7) is 8.56. The van der Waals surface area contributed by atoms with Gasteiger partial charge >= 0.3 is 0 Å². The summed E-state index contributed by atoms with van der Waals surface area (Å²) >= 11 is 0. The Labute approximate surface area is 103 Å². The van der Waals surface area contributed by atoms with Crippen LogP contribution in [0.3, 0.4) is 0 Å². The molecule has 1 atom stereocenters. The van der Waals surface area contributed by atoms with E-state index in [1.54, 1.807) is 0 Å². The first kappa shape index (κ1) is 12.5. The number of nitrogens with zero attached hydrogens (tertiary/aromatic N) is 3. The number of nitrogens with one attached hydrogen (secondary N) is 1. The second-order valence-electron chi connectivity index (χ2n) is 4.74. The van der Waals surface area contributed by atoms with Crippen LogP contribution >= 0.6 is 0 Å². The topological polar surface area (TPSA) is 41.1 Å². The molecule has 1 aromatic rings. The van der Waals surface area contributed by atoms with Crippen molar-refractivity contribution in [1.29, 1.82) is 0 Å². The molecular weight excluding hydrogens is 212 g/mol. The average molecular weight is 234 g/mol. The van der Waals surface area contributed by atoms with Gasteiger partial charge in [-0.2, -0.15) is 0 Å². The van der Waals surface area contributed by atoms with Crippen molar-refractivity contribution < 1.29 is 0 Å². The van der Waals surface area contributed by atoms with Gasteiger partial charge in [-0.15, -0.1) is 0 Å². The fourth-order valence-electron chi connectivity index (χ4n) is 2.32. The van der Waals surface area contributed by atoms with Crippen molar-refractivity contribution in [3.8, 4) is 0 Å². The number of aryl methyl sites for hydroxylation is 1. The first-order chi connectivity index (χ1) is 8.28. The van der Waals surface area contributed by atoms with Crippen LogP contribution in [0.5, 0.6) is 0 Å². The molecule has 1 aliphatic rings. The second-order valence-corrected chi connectivity index (χ2v) is 4.74. The summed E-state index contributed by atoms with van der Waals surface area (Å²) in [5.74, 6) is 0.863. The van der Waals surface area contributed by atoms with Crippen LogP contribution in [0.1, 0.15) is 31.3 Å². The van der Waals surface area contributed by atoms with Crippen molar-refractivity contribution in [3.63, 3.8) is 0 Å². The summed E-state index contributed by atoms with van der Waals surface area (Å²) in [6, 6.07) is 2.65. The molecule has 1 aromatic heterocycles. The lowest BCUT2D eigenvalue weighted by molar-refractivity contribution is 0.254. The number of aromatic nitrogens is 2. The molecule has 0 spiro atoms. The van der Waals surface area contributed by atoms with Crippen LogP contribution in [0.15, 0.2) is 12.3 Å². The van der Waals surface area contributed by atoms with Gasteiger partial charge in [0.1, 0.15) is 5.82 Å². The van der Waals surface area contributed by atoms with E-state index in [1.165, 1.54) is 12.8 Å². The molecule has 1 unspecified atom stereocenters. The summed E-state index contributed by atoms with van der Waals surface area (Å²) in [5.41, 5.74) is 1.13.